The smallest absolute Gasteiger partial charge is 0.251 e. The van der Waals surface area contributed by atoms with Gasteiger partial charge in [-0.3, -0.25) is 4.79 Å². The summed E-state index contributed by atoms with van der Waals surface area (Å²) in [6.45, 7) is 0.529. The van der Waals surface area contributed by atoms with Crippen molar-refractivity contribution in [2.45, 2.75) is 17.7 Å². The van der Waals surface area contributed by atoms with Crippen LogP contribution in [0.15, 0.2) is 46.3 Å². The van der Waals surface area contributed by atoms with E-state index in [1.807, 2.05) is 23.7 Å². The molecule has 1 amide bonds. The number of hydrogen-bond acceptors (Lipinski definition) is 7. The van der Waals surface area contributed by atoms with E-state index in [0.29, 0.717) is 34.9 Å². The van der Waals surface area contributed by atoms with Gasteiger partial charge in [-0.25, -0.2) is 8.42 Å². The first kappa shape index (κ1) is 24.2. The fraction of sp³-hybridized carbons (Fsp3) is 0.391. The minimum Gasteiger partial charge on any atom is -0.497 e. The summed E-state index contributed by atoms with van der Waals surface area (Å²) in [7, 11) is 2.92. The maximum absolute atomic E-state index is 13.0. The Balaban J connectivity index is 1.53. The number of piperidine rings is 1. The second-order valence-corrected chi connectivity index (χ2v) is 10.8. The van der Waals surface area contributed by atoms with Crippen LogP contribution in [0.2, 0.25) is 0 Å². The van der Waals surface area contributed by atoms with Crippen LogP contribution in [0.5, 0.6) is 17.2 Å². The molecule has 1 saturated heterocycles. The number of aryl methyl sites for hydroxylation is 1. The third kappa shape index (κ3) is 4.42. The largest absolute Gasteiger partial charge is 0.497 e. The number of carbonyl (C=O) groups excluding carboxylic acids is 1. The van der Waals surface area contributed by atoms with Crippen molar-refractivity contribution in [3.63, 3.8) is 0 Å². The number of thiazole rings is 1. The summed E-state index contributed by atoms with van der Waals surface area (Å²) in [5, 5.41) is 0. The molecule has 1 aliphatic heterocycles. The van der Waals surface area contributed by atoms with Crippen molar-refractivity contribution in [2.24, 2.45) is 18.0 Å². The van der Waals surface area contributed by atoms with Gasteiger partial charge in [0.05, 0.1) is 26.2 Å². The van der Waals surface area contributed by atoms with Crippen LogP contribution in [0.25, 0.3) is 10.2 Å². The Morgan fingerprint density at radius 3 is 2.18 bits per heavy atom. The molecule has 9 nitrogen and oxygen atoms in total. The van der Waals surface area contributed by atoms with Gasteiger partial charge in [-0.05, 0) is 49.2 Å². The fourth-order valence-corrected chi connectivity index (χ4v) is 6.66. The highest BCUT2D eigenvalue weighted by atomic mass is 32.2. The zero-order valence-electron chi connectivity index (χ0n) is 19.5. The zero-order valence-corrected chi connectivity index (χ0v) is 21.1. The van der Waals surface area contributed by atoms with Crippen LogP contribution in [0.1, 0.15) is 12.8 Å². The number of aromatic nitrogens is 1. The summed E-state index contributed by atoms with van der Waals surface area (Å²) < 4.78 is 46.1. The molecule has 182 valence electrons. The number of benzene rings is 2. The van der Waals surface area contributed by atoms with Gasteiger partial charge in [0.15, 0.2) is 4.80 Å². The van der Waals surface area contributed by atoms with Gasteiger partial charge < -0.3 is 18.8 Å². The molecule has 0 spiro atoms. The minimum absolute atomic E-state index is 0.211. The molecule has 1 aromatic heterocycles. The molecule has 4 rings (SSSR count). The SMILES string of the molecule is COc1ccc(S(=O)(=O)N2CCC(C(=O)N=c3sc4c(OC)ccc(OC)c4n3C)CC2)cc1. The van der Waals surface area contributed by atoms with E-state index in [1.165, 1.54) is 34.9 Å². The van der Waals surface area contributed by atoms with E-state index in [1.54, 1.807) is 26.4 Å². The molecule has 3 aromatic rings. The number of amides is 1. The number of sulfonamides is 1. The van der Waals surface area contributed by atoms with Gasteiger partial charge in [-0.2, -0.15) is 9.30 Å². The number of rotatable bonds is 6. The molecule has 34 heavy (non-hydrogen) atoms. The summed E-state index contributed by atoms with van der Waals surface area (Å²) in [5.41, 5.74) is 0.804. The van der Waals surface area contributed by atoms with Crippen LogP contribution < -0.4 is 19.0 Å². The predicted octanol–water partition coefficient (Wildman–Crippen LogP) is 2.79. The Labute approximate surface area is 202 Å². The Morgan fingerprint density at radius 1 is 0.971 bits per heavy atom. The fourth-order valence-electron chi connectivity index (χ4n) is 4.05. The van der Waals surface area contributed by atoms with Crippen LogP contribution in [0, 0.1) is 5.92 Å². The molecular weight excluding hydrogens is 478 g/mol. The van der Waals surface area contributed by atoms with Crippen molar-refractivity contribution < 1.29 is 27.4 Å². The quantitative estimate of drug-likeness (QED) is 0.511. The summed E-state index contributed by atoms with van der Waals surface area (Å²) in [6.07, 6.45) is 0.831. The first-order valence-electron chi connectivity index (χ1n) is 10.7. The average Bonchev–Trinajstić information content (AvgIpc) is 3.19. The topological polar surface area (TPSA) is 99.4 Å². The summed E-state index contributed by atoms with van der Waals surface area (Å²) >= 11 is 1.36. The molecule has 1 aliphatic rings. The molecule has 1 fully saturated rings. The summed E-state index contributed by atoms with van der Waals surface area (Å²) in [4.78, 5) is 18.1. The molecule has 0 bridgehead atoms. The van der Waals surface area contributed by atoms with E-state index < -0.39 is 10.0 Å². The highest BCUT2D eigenvalue weighted by Crippen LogP contribution is 2.34. The van der Waals surface area contributed by atoms with Crippen LogP contribution >= 0.6 is 11.3 Å². The van der Waals surface area contributed by atoms with Crippen LogP contribution in [0.3, 0.4) is 0 Å². The monoisotopic (exact) mass is 505 g/mol. The lowest BCUT2D eigenvalue weighted by molar-refractivity contribution is -0.122. The number of fused-ring (bicyclic) bond motifs is 1. The Hall–Kier alpha value is -2.89. The maximum atomic E-state index is 13.0. The van der Waals surface area contributed by atoms with Crippen molar-refractivity contribution in [3.8, 4) is 17.2 Å². The number of methoxy groups -OCH3 is 3. The van der Waals surface area contributed by atoms with Crippen molar-refractivity contribution >= 4 is 37.5 Å². The molecule has 2 heterocycles. The number of hydrogen-bond donors (Lipinski definition) is 0. The van der Waals surface area contributed by atoms with Crippen molar-refractivity contribution in [2.75, 3.05) is 34.4 Å². The lowest BCUT2D eigenvalue weighted by atomic mass is 9.98. The summed E-state index contributed by atoms with van der Waals surface area (Å²) in [5.74, 6) is 1.36. The number of ether oxygens (including phenoxy) is 3. The van der Waals surface area contributed by atoms with E-state index in [9.17, 15) is 13.2 Å². The first-order valence-corrected chi connectivity index (χ1v) is 13.0. The highest BCUT2D eigenvalue weighted by Gasteiger charge is 2.32. The van der Waals surface area contributed by atoms with Gasteiger partial charge in [0.25, 0.3) is 5.91 Å². The highest BCUT2D eigenvalue weighted by molar-refractivity contribution is 7.89. The van der Waals surface area contributed by atoms with Gasteiger partial charge in [-0.1, -0.05) is 11.3 Å². The van der Waals surface area contributed by atoms with Crippen molar-refractivity contribution in [1.29, 1.82) is 0 Å². The van der Waals surface area contributed by atoms with E-state index in [4.69, 9.17) is 14.2 Å². The first-order chi connectivity index (χ1) is 16.3. The van der Waals surface area contributed by atoms with Crippen LogP contribution in [0.4, 0.5) is 0 Å². The Bertz CT molecular complexity index is 1370. The van der Waals surface area contributed by atoms with Gasteiger partial charge in [0.2, 0.25) is 10.0 Å². The lowest BCUT2D eigenvalue weighted by Gasteiger charge is -2.29. The molecule has 0 atom stereocenters. The van der Waals surface area contributed by atoms with E-state index in [2.05, 4.69) is 4.99 Å². The number of nitrogens with zero attached hydrogens (tertiary/aromatic N) is 3. The molecule has 0 unspecified atom stereocenters. The Morgan fingerprint density at radius 2 is 1.59 bits per heavy atom. The third-order valence-electron chi connectivity index (χ3n) is 6.02. The molecule has 2 aromatic carbocycles. The van der Waals surface area contributed by atoms with Crippen molar-refractivity contribution in [3.05, 3.63) is 41.2 Å². The standard InChI is InChI=1S/C23H27N3O6S2/c1-25-20-18(31-3)9-10-19(32-4)21(20)33-23(25)24-22(27)15-11-13-26(14-12-15)34(28,29)17-7-5-16(30-2)6-8-17/h5-10,15H,11-14H2,1-4H3. The molecule has 0 aliphatic carbocycles. The summed E-state index contributed by atoms with van der Waals surface area (Å²) in [6, 6.07) is 9.95. The zero-order chi connectivity index (χ0) is 24.5. The van der Waals surface area contributed by atoms with Crippen LogP contribution in [-0.4, -0.2) is 57.6 Å². The molecule has 0 radical (unpaired) electrons. The molecule has 0 saturated carbocycles. The minimum atomic E-state index is -3.63. The number of carbonyl (C=O) groups is 1. The van der Waals surface area contributed by atoms with Gasteiger partial charge in [0, 0.05) is 26.1 Å². The molecular formula is C23H27N3O6S2. The Kier molecular flexibility index (Phi) is 6.96. The molecule has 11 heteroatoms. The maximum Gasteiger partial charge on any atom is 0.251 e. The predicted molar refractivity (Wildman–Crippen MR) is 129 cm³/mol. The average molecular weight is 506 g/mol. The van der Waals surface area contributed by atoms with Gasteiger partial charge in [0.1, 0.15) is 27.5 Å². The molecule has 0 N–H and O–H groups in total. The second kappa shape index (κ2) is 9.77. The van der Waals surface area contributed by atoms with Gasteiger partial charge >= 0.3 is 0 Å². The van der Waals surface area contributed by atoms with E-state index in [-0.39, 0.29) is 29.8 Å². The van der Waals surface area contributed by atoms with E-state index in [0.717, 1.165) is 10.2 Å². The second-order valence-electron chi connectivity index (χ2n) is 7.90. The van der Waals surface area contributed by atoms with E-state index >= 15 is 0 Å². The third-order valence-corrected chi connectivity index (χ3v) is 9.08. The van der Waals surface area contributed by atoms with Gasteiger partial charge in [-0.15, -0.1) is 0 Å². The van der Waals surface area contributed by atoms with Crippen molar-refractivity contribution in [1.82, 2.24) is 8.87 Å². The lowest BCUT2D eigenvalue weighted by Crippen LogP contribution is -2.40. The normalized spacial score (nSPS) is 16.1. The van der Waals surface area contributed by atoms with Crippen LogP contribution in [-0.2, 0) is 21.9 Å².